The second-order valence-corrected chi connectivity index (χ2v) is 5.05. The van der Waals surface area contributed by atoms with Gasteiger partial charge in [-0.1, -0.05) is 0 Å². The highest BCUT2D eigenvalue weighted by Crippen LogP contribution is 2.31. The Morgan fingerprint density at radius 2 is 2.21 bits per heavy atom. The van der Waals surface area contributed by atoms with E-state index in [9.17, 15) is 4.79 Å². The number of likely N-dealkylation sites (tertiary alicyclic amines) is 1. The van der Waals surface area contributed by atoms with Crippen molar-refractivity contribution < 1.29 is 9.53 Å². The lowest BCUT2D eigenvalue weighted by molar-refractivity contribution is -0.151. The number of carbonyl (C=O) groups is 1. The van der Waals surface area contributed by atoms with E-state index in [1.165, 1.54) is 12.8 Å². The van der Waals surface area contributed by atoms with Crippen molar-refractivity contribution in [1.29, 1.82) is 0 Å². The zero-order chi connectivity index (χ0) is 10.2. The van der Waals surface area contributed by atoms with Gasteiger partial charge in [0.25, 0.3) is 0 Å². The molecule has 1 saturated carbocycles. The Balaban J connectivity index is 1.76. The van der Waals surface area contributed by atoms with Crippen LogP contribution >= 0.6 is 0 Å². The van der Waals surface area contributed by atoms with Gasteiger partial charge in [-0.25, -0.2) is 0 Å². The van der Waals surface area contributed by atoms with Gasteiger partial charge in [-0.2, -0.15) is 0 Å². The lowest BCUT2D eigenvalue weighted by Gasteiger charge is -2.30. The summed E-state index contributed by atoms with van der Waals surface area (Å²) in [6.45, 7) is 5.98. The number of rotatable bonds is 3. The van der Waals surface area contributed by atoms with Crippen molar-refractivity contribution in [3.63, 3.8) is 0 Å². The Kier molecular flexibility index (Phi) is 2.52. The van der Waals surface area contributed by atoms with E-state index >= 15 is 0 Å². The van der Waals surface area contributed by atoms with Crippen LogP contribution in [0.25, 0.3) is 0 Å². The standard InChI is InChI=1S/C11H19NO2/c1-11(2)6-3-7-12(11)8-14-10(13)9-4-5-9/h9H,3-8H2,1-2H3. The van der Waals surface area contributed by atoms with Crippen LogP contribution in [-0.2, 0) is 9.53 Å². The van der Waals surface area contributed by atoms with Crippen LogP contribution in [-0.4, -0.2) is 29.7 Å². The van der Waals surface area contributed by atoms with Crippen molar-refractivity contribution in [3.05, 3.63) is 0 Å². The zero-order valence-electron chi connectivity index (χ0n) is 9.08. The van der Waals surface area contributed by atoms with E-state index in [1.54, 1.807) is 0 Å². The molecule has 0 N–H and O–H groups in total. The minimum absolute atomic E-state index is 0.00713. The summed E-state index contributed by atoms with van der Waals surface area (Å²) in [5.74, 6) is 0.230. The van der Waals surface area contributed by atoms with Crippen molar-refractivity contribution in [2.75, 3.05) is 13.3 Å². The third-order valence-corrected chi connectivity index (χ3v) is 3.35. The molecule has 0 amide bonds. The van der Waals surface area contributed by atoms with Gasteiger partial charge in [0.1, 0.15) is 6.73 Å². The third-order valence-electron chi connectivity index (χ3n) is 3.35. The first-order valence-corrected chi connectivity index (χ1v) is 5.51. The van der Waals surface area contributed by atoms with Gasteiger partial charge in [0, 0.05) is 12.1 Å². The molecule has 0 spiro atoms. The number of hydrogen-bond acceptors (Lipinski definition) is 3. The van der Waals surface area contributed by atoms with E-state index < -0.39 is 0 Å². The largest absolute Gasteiger partial charge is 0.449 e. The highest BCUT2D eigenvalue weighted by Gasteiger charge is 2.35. The number of ether oxygens (including phenoxy) is 1. The Labute approximate surface area is 85.4 Å². The normalized spacial score (nSPS) is 26.4. The maximum absolute atomic E-state index is 11.3. The lowest BCUT2D eigenvalue weighted by atomic mass is 10.0. The minimum Gasteiger partial charge on any atom is -0.449 e. The van der Waals surface area contributed by atoms with Crippen LogP contribution in [0.3, 0.4) is 0 Å². The van der Waals surface area contributed by atoms with Crippen molar-refractivity contribution in [1.82, 2.24) is 4.90 Å². The molecule has 0 unspecified atom stereocenters. The van der Waals surface area contributed by atoms with E-state index in [-0.39, 0.29) is 17.4 Å². The first-order valence-electron chi connectivity index (χ1n) is 5.51. The molecule has 1 saturated heterocycles. The number of carbonyl (C=O) groups excluding carboxylic acids is 1. The average Bonchev–Trinajstić information content (AvgIpc) is 2.88. The molecule has 3 heteroatoms. The molecular formula is C11H19NO2. The van der Waals surface area contributed by atoms with E-state index in [0.717, 1.165) is 19.4 Å². The molecule has 2 rings (SSSR count). The summed E-state index contributed by atoms with van der Waals surface area (Å²) in [4.78, 5) is 13.6. The molecule has 3 nitrogen and oxygen atoms in total. The van der Waals surface area contributed by atoms with Gasteiger partial charge in [-0.15, -0.1) is 0 Å². The summed E-state index contributed by atoms with van der Waals surface area (Å²) in [5.41, 5.74) is 0.212. The summed E-state index contributed by atoms with van der Waals surface area (Å²) in [6, 6.07) is 0. The minimum atomic E-state index is 0.00713. The summed E-state index contributed by atoms with van der Waals surface area (Å²) >= 11 is 0. The van der Waals surface area contributed by atoms with Crippen molar-refractivity contribution in [2.24, 2.45) is 5.92 Å². The molecule has 0 radical (unpaired) electrons. The molecule has 2 fully saturated rings. The Morgan fingerprint density at radius 1 is 1.50 bits per heavy atom. The quantitative estimate of drug-likeness (QED) is 0.646. The Bertz CT molecular complexity index is 233. The number of esters is 1. The Hall–Kier alpha value is -0.570. The maximum Gasteiger partial charge on any atom is 0.310 e. The fraction of sp³-hybridized carbons (Fsp3) is 0.909. The van der Waals surface area contributed by atoms with Crippen LogP contribution in [0.2, 0.25) is 0 Å². The molecule has 14 heavy (non-hydrogen) atoms. The monoisotopic (exact) mass is 197 g/mol. The highest BCUT2D eigenvalue weighted by molar-refractivity contribution is 5.74. The Morgan fingerprint density at radius 3 is 2.71 bits per heavy atom. The SMILES string of the molecule is CC1(C)CCCN1COC(=O)C1CC1. The van der Waals surface area contributed by atoms with Gasteiger partial charge in [-0.3, -0.25) is 9.69 Å². The van der Waals surface area contributed by atoms with E-state index in [2.05, 4.69) is 18.7 Å². The summed E-state index contributed by atoms with van der Waals surface area (Å²) < 4.78 is 5.27. The van der Waals surface area contributed by atoms with Crippen LogP contribution in [0, 0.1) is 5.92 Å². The number of hydrogen-bond donors (Lipinski definition) is 0. The van der Waals surface area contributed by atoms with Crippen LogP contribution in [0.1, 0.15) is 39.5 Å². The third kappa shape index (κ3) is 2.08. The molecule has 0 bridgehead atoms. The van der Waals surface area contributed by atoms with Gasteiger partial charge in [-0.05, 0) is 39.5 Å². The fourth-order valence-electron chi connectivity index (χ4n) is 1.98. The van der Waals surface area contributed by atoms with Crippen molar-refractivity contribution in [2.45, 2.75) is 45.1 Å². The predicted molar refractivity (Wildman–Crippen MR) is 53.7 cm³/mol. The highest BCUT2D eigenvalue weighted by atomic mass is 16.5. The lowest BCUT2D eigenvalue weighted by Crippen LogP contribution is -2.40. The molecular weight excluding hydrogens is 178 g/mol. The van der Waals surface area contributed by atoms with E-state index in [0.29, 0.717) is 6.73 Å². The molecule has 0 aromatic heterocycles. The van der Waals surface area contributed by atoms with Gasteiger partial charge in [0.2, 0.25) is 0 Å². The first-order chi connectivity index (χ1) is 6.59. The molecule has 1 heterocycles. The number of nitrogens with zero attached hydrogens (tertiary/aromatic N) is 1. The van der Waals surface area contributed by atoms with Crippen LogP contribution in [0.4, 0.5) is 0 Å². The van der Waals surface area contributed by atoms with Crippen LogP contribution in [0.15, 0.2) is 0 Å². The van der Waals surface area contributed by atoms with Crippen molar-refractivity contribution in [3.8, 4) is 0 Å². The molecule has 1 aliphatic heterocycles. The average molecular weight is 197 g/mol. The van der Waals surface area contributed by atoms with Gasteiger partial charge in [0.05, 0.1) is 5.92 Å². The predicted octanol–water partition coefficient (Wildman–Crippen LogP) is 1.77. The first kappa shape index (κ1) is 9.97. The van der Waals surface area contributed by atoms with E-state index in [4.69, 9.17) is 4.74 Å². The van der Waals surface area contributed by atoms with Crippen molar-refractivity contribution >= 4 is 5.97 Å². The zero-order valence-corrected chi connectivity index (χ0v) is 9.08. The molecule has 0 aromatic carbocycles. The topological polar surface area (TPSA) is 29.5 Å². The second-order valence-electron chi connectivity index (χ2n) is 5.05. The van der Waals surface area contributed by atoms with Crippen LogP contribution < -0.4 is 0 Å². The molecule has 2 aliphatic rings. The summed E-state index contributed by atoms with van der Waals surface area (Å²) in [6.07, 6.45) is 4.48. The maximum atomic E-state index is 11.3. The smallest absolute Gasteiger partial charge is 0.310 e. The molecule has 0 aromatic rings. The summed E-state index contributed by atoms with van der Waals surface area (Å²) in [5, 5.41) is 0. The summed E-state index contributed by atoms with van der Waals surface area (Å²) in [7, 11) is 0. The van der Waals surface area contributed by atoms with Crippen LogP contribution in [0.5, 0.6) is 0 Å². The molecule has 0 atom stereocenters. The molecule has 80 valence electrons. The second kappa shape index (κ2) is 3.54. The molecule has 1 aliphatic carbocycles. The van der Waals surface area contributed by atoms with E-state index in [1.807, 2.05) is 0 Å². The van der Waals surface area contributed by atoms with Gasteiger partial charge < -0.3 is 4.74 Å². The van der Waals surface area contributed by atoms with Gasteiger partial charge >= 0.3 is 5.97 Å². The fourth-order valence-corrected chi connectivity index (χ4v) is 1.98. The van der Waals surface area contributed by atoms with Gasteiger partial charge in [0.15, 0.2) is 0 Å².